The maximum atomic E-state index is 12.6. The second-order valence-corrected chi connectivity index (χ2v) is 6.71. The number of benzene rings is 2. The highest BCUT2D eigenvalue weighted by atomic mass is 16.6. The molecule has 2 heterocycles. The predicted molar refractivity (Wildman–Crippen MR) is 131 cm³/mol. The summed E-state index contributed by atoms with van der Waals surface area (Å²) in [6.07, 6.45) is -1.31. The van der Waals surface area contributed by atoms with Crippen LogP contribution in [0.1, 0.15) is 52.7 Å². The minimum Gasteiger partial charge on any atom is -0.445 e. The average Bonchev–Trinajstić information content (AvgIpc) is 3.47. The Bertz CT molecular complexity index is 797. The summed E-state index contributed by atoms with van der Waals surface area (Å²) in [6, 6.07) is 18.6. The third kappa shape index (κ3) is 7.98. The van der Waals surface area contributed by atoms with E-state index in [-0.39, 0.29) is 31.6 Å². The second-order valence-electron chi connectivity index (χ2n) is 6.71. The molecule has 33 heavy (non-hydrogen) atoms. The van der Waals surface area contributed by atoms with Crippen molar-refractivity contribution in [3.05, 3.63) is 71.8 Å². The highest BCUT2D eigenvalue weighted by Gasteiger charge is 2.53. The molecule has 2 aliphatic rings. The number of fused-ring (bicyclic) bond motifs is 1. The predicted octanol–water partition coefficient (Wildman–Crippen LogP) is 5.64. The van der Waals surface area contributed by atoms with Crippen LogP contribution >= 0.6 is 0 Å². The lowest BCUT2D eigenvalue weighted by Crippen LogP contribution is -2.42. The molecular formula is C27H39NO5. The first-order chi connectivity index (χ1) is 16.2. The number of hydrogen-bond acceptors (Lipinski definition) is 5. The molecule has 4 rings (SSSR count). The second kappa shape index (κ2) is 16.0. The Morgan fingerprint density at radius 3 is 1.94 bits per heavy atom. The molecule has 1 amide bonds. The van der Waals surface area contributed by atoms with Gasteiger partial charge in [-0.15, -0.1) is 0 Å². The summed E-state index contributed by atoms with van der Waals surface area (Å²) in [5, 5.41) is 0. The van der Waals surface area contributed by atoms with Gasteiger partial charge in [-0.3, -0.25) is 9.69 Å². The fourth-order valence-electron chi connectivity index (χ4n) is 3.53. The summed E-state index contributed by atoms with van der Waals surface area (Å²) in [4.78, 5) is 26.2. The van der Waals surface area contributed by atoms with E-state index in [2.05, 4.69) is 0 Å². The molecule has 3 atom stereocenters. The Morgan fingerprint density at radius 2 is 1.39 bits per heavy atom. The van der Waals surface area contributed by atoms with Crippen LogP contribution in [-0.4, -0.2) is 48.2 Å². The van der Waals surface area contributed by atoms with E-state index in [1.54, 1.807) is 0 Å². The fourth-order valence-corrected chi connectivity index (χ4v) is 3.53. The Morgan fingerprint density at radius 1 is 0.879 bits per heavy atom. The molecule has 0 radical (unpaired) electrons. The first-order valence-corrected chi connectivity index (χ1v) is 12.0. The summed E-state index contributed by atoms with van der Waals surface area (Å²) in [7, 11) is 0. The first-order valence-electron chi connectivity index (χ1n) is 12.0. The van der Waals surface area contributed by atoms with Crippen LogP contribution in [0.3, 0.4) is 0 Å². The van der Waals surface area contributed by atoms with Gasteiger partial charge in [-0.1, -0.05) is 102 Å². The van der Waals surface area contributed by atoms with Crippen molar-refractivity contribution < 1.29 is 23.8 Å². The number of carbonyl (C=O) groups excluding carboxylic acids is 2. The van der Waals surface area contributed by atoms with Gasteiger partial charge in [0.1, 0.15) is 31.5 Å². The van der Waals surface area contributed by atoms with Gasteiger partial charge in [0.2, 0.25) is 0 Å². The van der Waals surface area contributed by atoms with Crippen molar-refractivity contribution in [2.24, 2.45) is 0 Å². The summed E-state index contributed by atoms with van der Waals surface area (Å²) >= 11 is 0. The average molecular weight is 458 g/mol. The quantitative estimate of drug-likeness (QED) is 0.581. The van der Waals surface area contributed by atoms with Gasteiger partial charge < -0.3 is 14.2 Å². The molecule has 6 nitrogen and oxygen atoms in total. The van der Waals surface area contributed by atoms with Gasteiger partial charge in [0.15, 0.2) is 5.78 Å². The van der Waals surface area contributed by atoms with Crippen LogP contribution in [0.15, 0.2) is 60.7 Å². The normalized spacial score (nSPS) is 20.2. The van der Waals surface area contributed by atoms with Crippen molar-refractivity contribution in [1.82, 2.24) is 4.90 Å². The van der Waals surface area contributed by atoms with Crippen LogP contribution in [0.25, 0.3) is 0 Å². The Kier molecular flexibility index (Phi) is 13.7. The van der Waals surface area contributed by atoms with Crippen LogP contribution in [0.4, 0.5) is 4.79 Å². The fraction of sp³-hybridized carbons (Fsp3) is 0.481. The van der Waals surface area contributed by atoms with Crippen molar-refractivity contribution in [2.75, 3.05) is 13.2 Å². The third-order valence-electron chi connectivity index (χ3n) is 4.88. The summed E-state index contributed by atoms with van der Waals surface area (Å²) in [5.74, 6) is -0.109. The van der Waals surface area contributed by atoms with E-state index in [0.717, 1.165) is 11.1 Å². The van der Waals surface area contributed by atoms with Crippen molar-refractivity contribution in [3.8, 4) is 0 Å². The zero-order valence-corrected chi connectivity index (χ0v) is 20.8. The van der Waals surface area contributed by atoms with Crippen LogP contribution in [-0.2, 0) is 32.2 Å². The molecule has 2 fully saturated rings. The summed E-state index contributed by atoms with van der Waals surface area (Å²) < 4.78 is 17.0. The van der Waals surface area contributed by atoms with E-state index in [4.69, 9.17) is 14.2 Å². The number of amides is 1. The van der Waals surface area contributed by atoms with Crippen LogP contribution in [0.5, 0.6) is 0 Å². The SMILES string of the molecule is CC.CC.CC.O=C1CO[C@@H]2C(OCc3ccccc3)CN(C(=O)OCc3ccccc3)C12. The Labute approximate surface area is 198 Å². The monoisotopic (exact) mass is 457 g/mol. The zero-order valence-electron chi connectivity index (χ0n) is 20.8. The number of hydrogen-bond donors (Lipinski definition) is 0. The van der Waals surface area contributed by atoms with Gasteiger partial charge >= 0.3 is 6.09 Å². The minimum atomic E-state index is -0.631. The van der Waals surface area contributed by atoms with Crippen LogP contribution < -0.4 is 0 Å². The molecule has 182 valence electrons. The van der Waals surface area contributed by atoms with Crippen molar-refractivity contribution in [2.45, 2.75) is 73.0 Å². The van der Waals surface area contributed by atoms with Gasteiger partial charge in [0.05, 0.1) is 13.2 Å². The molecule has 0 bridgehead atoms. The van der Waals surface area contributed by atoms with Crippen molar-refractivity contribution in [1.29, 1.82) is 0 Å². The number of Topliss-reactive ketones (excluding diaryl/α,β-unsaturated/α-hetero) is 1. The summed E-state index contributed by atoms with van der Waals surface area (Å²) in [6.45, 7) is 12.8. The molecule has 0 aromatic heterocycles. The molecule has 2 unspecified atom stereocenters. The number of likely N-dealkylation sites (tertiary alicyclic amines) is 1. The van der Waals surface area contributed by atoms with Crippen molar-refractivity contribution in [3.63, 3.8) is 0 Å². The lowest BCUT2D eigenvalue weighted by molar-refractivity contribution is -0.121. The van der Waals surface area contributed by atoms with E-state index in [0.29, 0.717) is 6.61 Å². The first kappa shape index (κ1) is 28.3. The lowest BCUT2D eigenvalue weighted by atomic mass is 10.1. The van der Waals surface area contributed by atoms with Gasteiger partial charge in [-0.25, -0.2) is 4.79 Å². The highest BCUT2D eigenvalue weighted by Crippen LogP contribution is 2.30. The van der Waals surface area contributed by atoms with E-state index < -0.39 is 18.2 Å². The smallest absolute Gasteiger partial charge is 0.410 e. The molecule has 2 saturated heterocycles. The number of carbonyl (C=O) groups is 2. The standard InChI is InChI=1S/C21H21NO5.3C2H6/c23-17-14-26-20-18(25-12-15-7-3-1-4-8-15)11-22(19(17)20)21(24)27-13-16-9-5-2-6-10-16;3*1-2/h1-10,18-20H,11-14H2;3*1-2H3/t18?,19?,20-;;;/m1.../s1. The molecule has 0 spiro atoms. The number of nitrogens with zero attached hydrogens (tertiary/aromatic N) is 1. The molecule has 2 aromatic rings. The lowest BCUT2D eigenvalue weighted by Gasteiger charge is -2.20. The molecule has 0 saturated carbocycles. The maximum Gasteiger partial charge on any atom is 0.410 e. The van der Waals surface area contributed by atoms with Gasteiger partial charge in [0, 0.05) is 0 Å². The zero-order chi connectivity index (χ0) is 24.6. The van der Waals surface area contributed by atoms with Crippen LogP contribution in [0, 0.1) is 0 Å². The maximum absolute atomic E-state index is 12.6. The van der Waals surface area contributed by atoms with E-state index in [1.165, 1.54) is 4.90 Å². The molecule has 6 heteroatoms. The molecular weight excluding hydrogens is 418 g/mol. The Hall–Kier alpha value is -2.70. The minimum absolute atomic E-state index is 0.00297. The van der Waals surface area contributed by atoms with E-state index >= 15 is 0 Å². The van der Waals surface area contributed by atoms with Crippen molar-refractivity contribution >= 4 is 11.9 Å². The molecule has 2 aliphatic heterocycles. The summed E-state index contributed by atoms with van der Waals surface area (Å²) in [5.41, 5.74) is 1.93. The third-order valence-corrected chi connectivity index (χ3v) is 4.88. The number of rotatable bonds is 5. The number of ether oxygens (including phenoxy) is 3. The highest BCUT2D eigenvalue weighted by molar-refractivity contribution is 5.91. The molecule has 0 N–H and O–H groups in total. The van der Waals surface area contributed by atoms with Gasteiger partial charge in [-0.2, -0.15) is 0 Å². The van der Waals surface area contributed by atoms with E-state index in [1.807, 2.05) is 102 Å². The molecule has 0 aliphatic carbocycles. The number of ketones is 1. The topological polar surface area (TPSA) is 65.1 Å². The molecule has 2 aromatic carbocycles. The Balaban J connectivity index is 0.000000841. The van der Waals surface area contributed by atoms with E-state index in [9.17, 15) is 9.59 Å². The largest absolute Gasteiger partial charge is 0.445 e. The van der Waals surface area contributed by atoms with Gasteiger partial charge in [0.25, 0.3) is 0 Å². The van der Waals surface area contributed by atoms with Gasteiger partial charge in [-0.05, 0) is 11.1 Å². The van der Waals surface area contributed by atoms with Crippen LogP contribution in [0.2, 0.25) is 0 Å².